The van der Waals surface area contributed by atoms with Crippen LogP contribution in [-0.2, 0) is 10.5 Å². The number of halogens is 1. The van der Waals surface area contributed by atoms with Crippen molar-refractivity contribution in [2.45, 2.75) is 32.1 Å². The Hall–Kier alpha value is -0.550. The van der Waals surface area contributed by atoms with Crippen molar-refractivity contribution in [3.63, 3.8) is 0 Å². The van der Waals surface area contributed by atoms with E-state index in [9.17, 15) is 5.11 Å². The summed E-state index contributed by atoms with van der Waals surface area (Å²) in [5, 5.41) is 17.3. The Kier molecular flexibility index (Phi) is 13.2. The van der Waals surface area contributed by atoms with E-state index < -0.39 is 5.60 Å². The highest BCUT2D eigenvalue weighted by Crippen LogP contribution is 2.12. The van der Waals surface area contributed by atoms with Crippen LogP contribution in [0.15, 0.2) is 29.3 Å². The third-order valence-corrected chi connectivity index (χ3v) is 5.55. The second kappa shape index (κ2) is 14.5. The molecule has 0 bridgehead atoms. The molecule has 0 saturated carbocycles. The molecule has 1 aromatic rings. The van der Waals surface area contributed by atoms with Gasteiger partial charge in [-0.1, -0.05) is 29.8 Å². The predicted octanol–water partition coefficient (Wildman–Crippen LogP) is 2.48. The number of hydrogen-bond acceptors (Lipinski definition) is 5. The van der Waals surface area contributed by atoms with Gasteiger partial charge in [-0.15, -0.1) is 24.0 Å². The minimum absolute atomic E-state index is 0. The number of nitrogens with one attached hydrogen (secondary N) is 2. The number of β-amino-alcohol motifs (C(OH)–C–C–N with tert-alkyl or cyclic N) is 1. The van der Waals surface area contributed by atoms with Gasteiger partial charge in [-0.25, -0.2) is 0 Å². The van der Waals surface area contributed by atoms with Crippen molar-refractivity contribution in [1.82, 2.24) is 15.5 Å². The van der Waals surface area contributed by atoms with E-state index in [1.807, 2.05) is 18.7 Å². The molecule has 1 unspecified atom stereocenters. The van der Waals surface area contributed by atoms with Crippen molar-refractivity contribution in [1.29, 1.82) is 0 Å². The number of aryl methyl sites for hydroxylation is 1. The van der Waals surface area contributed by atoms with Crippen LogP contribution in [0.4, 0.5) is 0 Å². The largest absolute Gasteiger partial charge is 0.387 e. The van der Waals surface area contributed by atoms with Crippen molar-refractivity contribution in [3.8, 4) is 0 Å². The number of nitrogens with zero attached hydrogens (tertiary/aromatic N) is 2. The number of guanidine groups is 1. The smallest absolute Gasteiger partial charge is 0.191 e. The van der Waals surface area contributed by atoms with Crippen LogP contribution in [0.3, 0.4) is 0 Å². The van der Waals surface area contributed by atoms with Gasteiger partial charge in [-0.05, 0) is 26.3 Å². The third kappa shape index (κ3) is 11.4. The molecule has 3 N–H and O–H groups in total. The minimum Gasteiger partial charge on any atom is -0.387 e. The molecule has 0 spiro atoms. The number of benzene rings is 1. The van der Waals surface area contributed by atoms with Gasteiger partial charge >= 0.3 is 0 Å². The molecule has 29 heavy (non-hydrogen) atoms. The molecule has 0 aromatic heterocycles. The Labute approximate surface area is 197 Å². The van der Waals surface area contributed by atoms with Gasteiger partial charge in [-0.3, -0.25) is 9.89 Å². The molecule has 1 aliphatic heterocycles. The van der Waals surface area contributed by atoms with E-state index in [4.69, 9.17) is 4.74 Å². The number of thioether (sulfide) groups is 1. The summed E-state index contributed by atoms with van der Waals surface area (Å²) < 4.78 is 5.37. The number of aliphatic imine (C=N–C) groups is 1. The molecule has 1 saturated heterocycles. The molecule has 1 aromatic carbocycles. The van der Waals surface area contributed by atoms with Gasteiger partial charge in [0.15, 0.2) is 5.96 Å². The van der Waals surface area contributed by atoms with Crippen LogP contribution >= 0.6 is 35.7 Å². The number of ether oxygens (including phenoxy) is 1. The number of morpholine rings is 1. The summed E-state index contributed by atoms with van der Waals surface area (Å²) in [6.07, 6.45) is 0. The molecule has 1 heterocycles. The highest BCUT2D eigenvalue weighted by Gasteiger charge is 2.25. The maximum Gasteiger partial charge on any atom is 0.191 e. The van der Waals surface area contributed by atoms with Crippen LogP contribution in [0.1, 0.15) is 25.0 Å². The molecule has 8 heteroatoms. The van der Waals surface area contributed by atoms with Crippen LogP contribution in [0, 0.1) is 6.92 Å². The van der Waals surface area contributed by atoms with E-state index in [-0.39, 0.29) is 24.0 Å². The zero-order valence-corrected chi connectivity index (χ0v) is 21.1. The first-order valence-electron chi connectivity index (χ1n) is 10.2. The fourth-order valence-corrected chi connectivity index (χ4v) is 3.82. The topological polar surface area (TPSA) is 69.1 Å². The van der Waals surface area contributed by atoms with Gasteiger partial charge in [-0.2, -0.15) is 11.8 Å². The van der Waals surface area contributed by atoms with Crippen LogP contribution < -0.4 is 10.6 Å². The normalized spacial score (nSPS) is 17.3. The number of aliphatic hydroxyl groups is 1. The zero-order valence-electron chi connectivity index (χ0n) is 17.9. The quantitative estimate of drug-likeness (QED) is 0.185. The molecule has 2 rings (SSSR count). The first-order valence-corrected chi connectivity index (χ1v) is 11.3. The molecule has 0 aliphatic carbocycles. The molecule has 1 fully saturated rings. The van der Waals surface area contributed by atoms with Gasteiger partial charge < -0.3 is 20.5 Å². The predicted molar refractivity (Wildman–Crippen MR) is 135 cm³/mol. The van der Waals surface area contributed by atoms with Crippen LogP contribution in [0.25, 0.3) is 0 Å². The molecule has 0 radical (unpaired) electrons. The first kappa shape index (κ1) is 26.5. The van der Waals surface area contributed by atoms with Crippen LogP contribution in [0.5, 0.6) is 0 Å². The first-order chi connectivity index (χ1) is 13.5. The summed E-state index contributed by atoms with van der Waals surface area (Å²) in [4.78, 5) is 6.83. The van der Waals surface area contributed by atoms with E-state index >= 15 is 0 Å². The van der Waals surface area contributed by atoms with Crippen molar-refractivity contribution < 1.29 is 9.84 Å². The van der Waals surface area contributed by atoms with Crippen molar-refractivity contribution in [2.24, 2.45) is 4.99 Å². The van der Waals surface area contributed by atoms with Crippen molar-refractivity contribution >= 4 is 41.7 Å². The van der Waals surface area contributed by atoms with Gasteiger partial charge in [0.05, 0.1) is 25.4 Å². The Morgan fingerprint density at radius 1 is 1.24 bits per heavy atom. The van der Waals surface area contributed by atoms with Crippen molar-refractivity contribution in [3.05, 3.63) is 35.4 Å². The minimum atomic E-state index is -0.847. The van der Waals surface area contributed by atoms with Gasteiger partial charge in [0.25, 0.3) is 0 Å². The second-order valence-corrected chi connectivity index (χ2v) is 8.65. The number of hydrogen-bond donors (Lipinski definition) is 3. The Balaban J connectivity index is 0.00000420. The Bertz CT molecular complexity index is 593. The third-order valence-electron chi connectivity index (χ3n) is 4.52. The Morgan fingerprint density at radius 3 is 2.59 bits per heavy atom. The second-order valence-electron chi connectivity index (χ2n) is 7.55. The van der Waals surface area contributed by atoms with E-state index in [2.05, 4.69) is 58.6 Å². The molecular weight excluding hydrogens is 499 g/mol. The standard InChI is InChI=1S/C21H36N4O2S.HI/c1-4-22-20(23-9-14-28-15-19-7-5-18(2)6-8-19)24-16-21(3,26)17-25-10-12-27-13-11-25;/h5-8,26H,4,9-17H2,1-3H3,(H2,22,23,24);1H. The monoisotopic (exact) mass is 536 g/mol. The van der Waals surface area contributed by atoms with Gasteiger partial charge in [0.2, 0.25) is 0 Å². The summed E-state index contributed by atoms with van der Waals surface area (Å²) in [5.41, 5.74) is 1.81. The molecule has 1 aliphatic rings. The summed E-state index contributed by atoms with van der Waals surface area (Å²) >= 11 is 1.91. The van der Waals surface area contributed by atoms with Crippen molar-refractivity contribution in [2.75, 3.05) is 58.2 Å². The zero-order chi connectivity index (χ0) is 20.2. The SMILES string of the molecule is CCNC(=NCC(C)(O)CN1CCOCC1)NCCSCc1ccc(C)cc1.I. The van der Waals surface area contributed by atoms with Gasteiger partial charge in [0.1, 0.15) is 0 Å². The Morgan fingerprint density at radius 2 is 1.93 bits per heavy atom. The molecule has 166 valence electrons. The molecular formula is C21H37IN4O2S. The van der Waals surface area contributed by atoms with E-state index in [1.54, 1.807) is 0 Å². The maximum absolute atomic E-state index is 10.7. The van der Waals surface area contributed by atoms with E-state index in [0.717, 1.165) is 56.9 Å². The summed E-state index contributed by atoms with van der Waals surface area (Å²) in [5.74, 6) is 2.78. The molecule has 1 atom stereocenters. The fourth-order valence-electron chi connectivity index (χ4n) is 3.00. The summed E-state index contributed by atoms with van der Waals surface area (Å²) in [6, 6.07) is 8.70. The summed E-state index contributed by atoms with van der Waals surface area (Å²) in [6.45, 7) is 11.9. The highest BCUT2D eigenvalue weighted by molar-refractivity contribution is 14.0. The lowest BCUT2D eigenvalue weighted by Gasteiger charge is -2.33. The molecule has 6 nitrogen and oxygen atoms in total. The lowest BCUT2D eigenvalue weighted by atomic mass is 10.1. The highest BCUT2D eigenvalue weighted by atomic mass is 127. The maximum atomic E-state index is 10.7. The lowest BCUT2D eigenvalue weighted by molar-refractivity contribution is -0.0179. The number of rotatable bonds is 10. The van der Waals surface area contributed by atoms with Crippen LogP contribution in [0.2, 0.25) is 0 Å². The average Bonchev–Trinajstić information content (AvgIpc) is 2.67. The summed E-state index contributed by atoms with van der Waals surface area (Å²) in [7, 11) is 0. The van der Waals surface area contributed by atoms with Crippen LogP contribution in [-0.4, -0.2) is 79.8 Å². The molecule has 0 amide bonds. The average molecular weight is 537 g/mol. The fraction of sp³-hybridized carbons (Fsp3) is 0.667. The van der Waals surface area contributed by atoms with E-state index in [0.29, 0.717) is 13.1 Å². The van der Waals surface area contributed by atoms with Gasteiger partial charge in [0, 0.05) is 44.2 Å². The lowest BCUT2D eigenvalue weighted by Crippen LogP contribution is -2.48. The van der Waals surface area contributed by atoms with E-state index in [1.165, 1.54) is 11.1 Å².